The van der Waals surface area contributed by atoms with Gasteiger partial charge in [-0.15, -0.1) is 0 Å². The van der Waals surface area contributed by atoms with Gasteiger partial charge in [-0.05, 0) is 37.6 Å². The Balaban J connectivity index is 1.94. The Morgan fingerprint density at radius 3 is 2.76 bits per heavy atom. The van der Waals surface area contributed by atoms with E-state index in [0.717, 1.165) is 19.3 Å². The number of nitrogens with zero attached hydrogens (tertiary/aromatic N) is 1. The molecule has 0 radical (unpaired) electrons. The first-order chi connectivity index (χ1) is 8.12. The van der Waals surface area contributed by atoms with E-state index in [2.05, 4.69) is 0 Å². The van der Waals surface area contributed by atoms with Gasteiger partial charge in [0, 0.05) is 19.7 Å². The predicted octanol–water partition coefficient (Wildman–Crippen LogP) is 0.0234. The molecule has 0 aromatic heterocycles. The maximum Gasteiger partial charge on any atom is 0.214 e. The van der Waals surface area contributed by atoms with E-state index < -0.39 is 10.0 Å². The average Bonchev–Trinajstić information content (AvgIpc) is 2.81. The van der Waals surface area contributed by atoms with Crippen molar-refractivity contribution < 1.29 is 13.2 Å². The number of hydrogen-bond acceptors (Lipinski definition) is 4. The fraction of sp³-hybridized carbons (Fsp3) is 1.00. The van der Waals surface area contributed by atoms with Crippen LogP contribution >= 0.6 is 0 Å². The number of nitrogens with two attached hydrogens (primary N) is 1. The molecule has 100 valence electrons. The van der Waals surface area contributed by atoms with Gasteiger partial charge in [0.05, 0.1) is 12.4 Å². The van der Waals surface area contributed by atoms with Crippen molar-refractivity contribution in [2.24, 2.45) is 17.6 Å². The van der Waals surface area contributed by atoms with Gasteiger partial charge in [0.2, 0.25) is 10.0 Å². The van der Waals surface area contributed by atoms with E-state index in [4.69, 9.17) is 10.5 Å². The smallest absolute Gasteiger partial charge is 0.214 e. The van der Waals surface area contributed by atoms with Crippen LogP contribution in [0.4, 0.5) is 0 Å². The Morgan fingerprint density at radius 2 is 2.12 bits per heavy atom. The van der Waals surface area contributed by atoms with Gasteiger partial charge in [-0.1, -0.05) is 0 Å². The predicted molar refractivity (Wildman–Crippen MR) is 66.1 cm³/mol. The van der Waals surface area contributed by atoms with E-state index in [1.54, 1.807) is 4.31 Å². The van der Waals surface area contributed by atoms with Crippen LogP contribution in [0.25, 0.3) is 0 Å². The SMILES string of the molecule is NCC1CCCN(S(=O)(=O)CC2CCOC2)C1. The lowest BCUT2D eigenvalue weighted by Crippen LogP contribution is -2.44. The molecule has 0 aromatic rings. The lowest BCUT2D eigenvalue weighted by molar-refractivity contribution is 0.188. The molecular weight excluding hydrogens is 240 g/mol. The highest BCUT2D eigenvalue weighted by molar-refractivity contribution is 7.89. The Morgan fingerprint density at radius 1 is 1.29 bits per heavy atom. The van der Waals surface area contributed by atoms with Gasteiger partial charge < -0.3 is 10.5 Å². The van der Waals surface area contributed by atoms with Crippen LogP contribution in [0.1, 0.15) is 19.3 Å². The molecule has 0 aromatic carbocycles. The number of hydrogen-bond donors (Lipinski definition) is 1. The lowest BCUT2D eigenvalue weighted by Gasteiger charge is -2.31. The molecule has 0 spiro atoms. The molecular formula is C11H22N2O3S. The van der Waals surface area contributed by atoms with Crippen molar-refractivity contribution in [3.63, 3.8) is 0 Å². The van der Waals surface area contributed by atoms with Crippen molar-refractivity contribution in [2.75, 3.05) is 38.6 Å². The first kappa shape index (κ1) is 13.3. The maximum absolute atomic E-state index is 12.2. The molecule has 2 fully saturated rings. The summed E-state index contributed by atoms with van der Waals surface area (Å²) in [5.74, 6) is 0.751. The molecule has 2 saturated heterocycles. The third-order valence-corrected chi connectivity index (χ3v) is 5.69. The van der Waals surface area contributed by atoms with Crippen molar-refractivity contribution in [3.8, 4) is 0 Å². The van der Waals surface area contributed by atoms with Crippen LogP contribution < -0.4 is 5.73 Å². The number of rotatable bonds is 4. The summed E-state index contributed by atoms with van der Waals surface area (Å²) in [6, 6.07) is 0. The normalized spacial score (nSPS) is 31.8. The molecule has 0 saturated carbocycles. The van der Waals surface area contributed by atoms with Crippen LogP contribution in [-0.4, -0.2) is 51.3 Å². The first-order valence-electron chi connectivity index (χ1n) is 6.37. The molecule has 0 bridgehead atoms. The summed E-state index contributed by atoms with van der Waals surface area (Å²) in [4.78, 5) is 0. The van der Waals surface area contributed by atoms with E-state index >= 15 is 0 Å². The highest BCUT2D eigenvalue weighted by atomic mass is 32.2. The number of piperidine rings is 1. The molecule has 2 aliphatic rings. The zero-order chi connectivity index (χ0) is 12.3. The van der Waals surface area contributed by atoms with Gasteiger partial charge in [-0.25, -0.2) is 12.7 Å². The summed E-state index contributed by atoms with van der Waals surface area (Å²) in [6.07, 6.45) is 2.85. The number of ether oxygens (including phenoxy) is 1. The molecule has 2 atom stereocenters. The summed E-state index contributed by atoms with van der Waals surface area (Å²) in [7, 11) is -3.11. The fourth-order valence-corrected chi connectivity index (χ4v) is 4.50. The van der Waals surface area contributed by atoms with Crippen LogP contribution in [0, 0.1) is 11.8 Å². The topological polar surface area (TPSA) is 72.6 Å². The first-order valence-corrected chi connectivity index (χ1v) is 7.98. The third kappa shape index (κ3) is 3.40. The molecule has 2 rings (SSSR count). The minimum atomic E-state index is -3.11. The van der Waals surface area contributed by atoms with Gasteiger partial charge >= 0.3 is 0 Å². The monoisotopic (exact) mass is 262 g/mol. The maximum atomic E-state index is 12.2. The van der Waals surface area contributed by atoms with Crippen LogP contribution in [0.15, 0.2) is 0 Å². The van der Waals surface area contributed by atoms with Crippen LogP contribution in [-0.2, 0) is 14.8 Å². The fourth-order valence-electron chi connectivity index (χ4n) is 2.59. The summed E-state index contributed by atoms with van der Waals surface area (Å²) >= 11 is 0. The standard InChI is InChI=1S/C11H22N2O3S/c12-6-10-2-1-4-13(7-10)17(14,15)9-11-3-5-16-8-11/h10-11H,1-9,12H2. The molecule has 6 heteroatoms. The summed E-state index contributed by atoms with van der Waals surface area (Å²) in [5.41, 5.74) is 5.63. The number of sulfonamides is 1. The highest BCUT2D eigenvalue weighted by Gasteiger charge is 2.31. The molecule has 0 amide bonds. The Kier molecular flexibility index (Phi) is 4.41. The van der Waals surface area contributed by atoms with E-state index in [1.165, 1.54) is 0 Å². The summed E-state index contributed by atoms with van der Waals surface area (Å²) < 4.78 is 31.3. The molecule has 2 aliphatic heterocycles. The third-order valence-electron chi connectivity index (χ3n) is 3.68. The van der Waals surface area contributed by atoms with Gasteiger partial charge in [0.25, 0.3) is 0 Å². The van der Waals surface area contributed by atoms with Crippen LogP contribution in [0.5, 0.6) is 0 Å². The van der Waals surface area contributed by atoms with Crippen molar-refractivity contribution in [1.82, 2.24) is 4.31 Å². The van der Waals surface area contributed by atoms with Gasteiger partial charge in [0.15, 0.2) is 0 Å². The van der Waals surface area contributed by atoms with Crippen molar-refractivity contribution in [1.29, 1.82) is 0 Å². The quantitative estimate of drug-likeness (QED) is 0.775. The molecule has 2 heterocycles. The molecule has 2 N–H and O–H groups in total. The van der Waals surface area contributed by atoms with Crippen LogP contribution in [0.3, 0.4) is 0 Å². The second-order valence-corrected chi connectivity index (χ2v) is 7.12. The van der Waals surface area contributed by atoms with E-state index in [9.17, 15) is 8.42 Å². The van der Waals surface area contributed by atoms with E-state index in [1.807, 2.05) is 0 Å². The van der Waals surface area contributed by atoms with Crippen molar-refractivity contribution in [3.05, 3.63) is 0 Å². The second-order valence-electron chi connectivity index (χ2n) is 5.11. The minimum absolute atomic E-state index is 0.179. The molecule has 0 aliphatic carbocycles. The average molecular weight is 262 g/mol. The summed E-state index contributed by atoms with van der Waals surface area (Å²) in [6.45, 7) is 3.14. The molecule has 2 unspecified atom stereocenters. The zero-order valence-corrected chi connectivity index (χ0v) is 11.0. The Labute approximate surface area is 103 Å². The molecule has 5 nitrogen and oxygen atoms in total. The Hall–Kier alpha value is -0.170. The van der Waals surface area contributed by atoms with Gasteiger partial charge in [-0.3, -0.25) is 0 Å². The van der Waals surface area contributed by atoms with Gasteiger partial charge in [0.1, 0.15) is 0 Å². The minimum Gasteiger partial charge on any atom is -0.381 e. The summed E-state index contributed by atoms with van der Waals surface area (Å²) in [5, 5.41) is 0. The largest absolute Gasteiger partial charge is 0.381 e. The van der Waals surface area contributed by atoms with Crippen molar-refractivity contribution in [2.45, 2.75) is 19.3 Å². The van der Waals surface area contributed by atoms with Gasteiger partial charge in [-0.2, -0.15) is 0 Å². The van der Waals surface area contributed by atoms with E-state index in [0.29, 0.717) is 38.8 Å². The Bertz CT molecular complexity index is 339. The van der Waals surface area contributed by atoms with E-state index in [-0.39, 0.29) is 11.7 Å². The highest BCUT2D eigenvalue weighted by Crippen LogP contribution is 2.22. The lowest BCUT2D eigenvalue weighted by atomic mass is 10.0. The second kappa shape index (κ2) is 5.65. The van der Waals surface area contributed by atoms with Crippen molar-refractivity contribution >= 4 is 10.0 Å². The zero-order valence-electron chi connectivity index (χ0n) is 10.2. The molecule has 17 heavy (non-hydrogen) atoms. The van der Waals surface area contributed by atoms with Crippen LogP contribution in [0.2, 0.25) is 0 Å².